The molecule has 50 valence electrons. The summed E-state index contributed by atoms with van der Waals surface area (Å²) in [6, 6.07) is 0. The molecular weight excluding hydrogens is 119 g/mol. The van der Waals surface area contributed by atoms with Gasteiger partial charge in [0.15, 0.2) is 0 Å². The Morgan fingerprint density at radius 3 is 2.67 bits per heavy atom. The SMILES string of the molecule is Cc1cn(C)c(CF)n1. The van der Waals surface area contributed by atoms with Crippen molar-refractivity contribution in [2.75, 3.05) is 0 Å². The lowest BCUT2D eigenvalue weighted by Gasteiger charge is -1.90. The van der Waals surface area contributed by atoms with E-state index in [0.29, 0.717) is 5.82 Å². The first-order chi connectivity index (χ1) is 4.24. The van der Waals surface area contributed by atoms with Crippen molar-refractivity contribution in [3.8, 4) is 0 Å². The summed E-state index contributed by atoms with van der Waals surface area (Å²) in [7, 11) is 1.79. The second kappa shape index (κ2) is 2.17. The molecule has 1 aromatic rings. The number of hydrogen-bond donors (Lipinski definition) is 0. The van der Waals surface area contributed by atoms with Crippen molar-refractivity contribution in [3.63, 3.8) is 0 Å². The molecule has 0 aliphatic rings. The monoisotopic (exact) mass is 128 g/mol. The summed E-state index contributed by atoms with van der Waals surface area (Å²) in [4.78, 5) is 3.92. The van der Waals surface area contributed by atoms with Crippen LogP contribution >= 0.6 is 0 Å². The smallest absolute Gasteiger partial charge is 0.147 e. The number of imidazole rings is 1. The van der Waals surface area contributed by atoms with Gasteiger partial charge in [0.1, 0.15) is 12.5 Å². The van der Waals surface area contributed by atoms with Crippen LogP contribution in [0.25, 0.3) is 0 Å². The number of nitrogens with zero attached hydrogens (tertiary/aromatic N) is 2. The highest BCUT2D eigenvalue weighted by Crippen LogP contribution is 2.00. The number of aromatic nitrogens is 2. The van der Waals surface area contributed by atoms with Crippen molar-refractivity contribution in [2.24, 2.45) is 7.05 Å². The molecule has 0 bridgehead atoms. The first-order valence-electron chi connectivity index (χ1n) is 2.79. The highest BCUT2D eigenvalue weighted by molar-refractivity contribution is 4.99. The number of alkyl halides is 1. The van der Waals surface area contributed by atoms with Gasteiger partial charge in [0.2, 0.25) is 0 Å². The Hall–Kier alpha value is -0.860. The van der Waals surface area contributed by atoms with Crippen LogP contribution in [0.5, 0.6) is 0 Å². The number of halogens is 1. The molecule has 0 aliphatic heterocycles. The molecule has 2 nitrogen and oxygen atoms in total. The van der Waals surface area contributed by atoms with E-state index in [2.05, 4.69) is 4.98 Å². The van der Waals surface area contributed by atoms with Gasteiger partial charge in [0.25, 0.3) is 0 Å². The first kappa shape index (κ1) is 6.26. The van der Waals surface area contributed by atoms with Gasteiger partial charge in [-0.2, -0.15) is 0 Å². The minimum absolute atomic E-state index is 0.482. The van der Waals surface area contributed by atoms with Gasteiger partial charge in [-0.3, -0.25) is 0 Å². The molecule has 0 spiro atoms. The van der Waals surface area contributed by atoms with Gasteiger partial charge in [0.05, 0.1) is 5.69 Å². The van der Waals surface area contributed by atoms with E-state index in [-0.39, 0.29) is 0 Å². The molecule has 0 aromatic carbocycles. The fraction of sp³-hybridized carbons (Fsp3) is 0.500. The third kappa shape index (κ3) is 1.09. The van der Waals surface area contributed by atoms with Crippen LogP contribution in [-0.2, 0) is 13.7 Å². The average Bonchev–Trinajstić information content (AvgIpc) is 2.10. The van der Waals surface area contributed by atoms with E-state index in [1.165, 1.54) is 0 Å². The largest absolute Gasteiger partial charge is 0.336 e. The quantitative estimate of drug-likeness (QED) is 0.555. The van der Waals surface area contributed by atoms with Crippen LogP contribution < -0.4 is 0 Å². The lowest BCUT2D eigenvalue weighted by Crippen LogP contribution is -1.92. The molecular formula is C6H9FN2. The maximum atomic E-state index is 11.9. The van der Waals surface area contributed by atoms with Gasteiger partial charge in [0, 0.05) is 13.2 Å². The molecule has 0 atom stereocenters. The van der Waals surface area contributed by atoms with Gasteiger partial charge < -0.3 is 4.57 Å². The molecule has 0 amide bonds. The van der Waals surface area contributed by atoms with Crippen molar-refractivity contribution in [1.82, 2.24) is 9.55 Å². The third-order valence-corrected chi connectivity index (χ3v) is 1.21. The number of hydrogen-bond acceptors (Lipinski definition) is 1. The summed E-state index contributed by atoms with van der Waals surface area (Å²) < 4.78 is 13.6. The van der Waals surface area contributed by atoms with Gasteiger partial charge >= 0.3 is 0 Å². The van der Waals surface area contributed by atoms with Gasteiger partial charge in [-0.05, 0) is 6.92 Å². The molecule has 3 heteroatoms. The van der Waals surface area contributed by atoms with E-state index in [9.17, 15) is 4.39 Å². The van der Waals surface area contributed by atoms with E-state index in [4.69, 9.17) is 0 Å². The van der Waals surface area contributed by atoms with Crippen molar-refractivity contribution in [2.45, 2.75) is 13.6 Å². The molecule has 0 N–H and O–H groups in total. The van der Waals surface area contributed by atoms with E-state index in [1.807, 2.05) is 6.92 Å². The molecule has 0 unspecified atom stereocenters. The highest BCUT2D eigenvalue weighted by Gasteiger charge is 1.98. The Morgan fingerprint density at radius 1 is 1.78 bits per heavy atom. The predicted molar refractivity (Wildman–Crippen MR) is 32.8 cm³/mol. The van der Waals surface area contributed by atoms with Gasteiger partial charge in [-0.1, -0.05) is 0 Å². The highest BCUT2D eigenvalue weighted by atomic mass is 19.1. The number of aryl methyl sites for hydroxylation is 2. The van der Waals surface area contributed by atoms with Crippen LogP contribution in [0.2, 0.25) is 0 Å². The topological polar surface area (TPSA) is 17.8 Å². The summed E-state index contributed by atoms with van der Waals surface area (Å²) in [5, 5.41) is 0. The molecule has 0 saturated heterocycles. The minimum Gasteiger partial charge on any atom is -0.336 e. The zero-order valence-corrected chi connectivity index (χ0v) is 5.56. The maximum Gasteiger partial charge on any atom is 0.147 e. The minimum atomic E-state index is -0.482. The van der Waals surface area contributed by atoms with Crippen LogP contribution in [0.1, 0.15) is 11.5 Å². The van der Waals surface area contributed by atoms with E-state index < -0.39 is 6.67 Å². The molecule has 1 rings (SSSR count). The molecule has 9 heavy (non-hydrogen) atoms. The van der Waals surface area contributed by atoms with Crippen LogP contribution in [0.4, 0.5) is 4.39 Å². The molecule has 0 saturated carbocycles. The van der Waals surface area contributed by atoms with E-state index in [1.54, 1.807) is 17.8 Å². The van der Waals surface area contributed by atoms with Crippen LogP contribution in [-0.4, -0.2) is 9.55 Å². The van der Waals surface area contributed by atoms with Crippen molar-refractivity contribution in [3.05, 3.63) is 17.7 Å². The molecule has 0 fully saturated rings. The second-order valence-corrected chi connectivity index (χ2v) is 2.04. The van der Waals surface area contributed by atoms with E-state index in [0.717, 1.165) is 5.69 Å². The fourth-order valence-corrected chi connectivity index (χ4v) is 0.790. The lowest BCUT2D eigenvalue weighted by atomic mass is 10.6. The Bertz CT molecular complexity index is 205. The molecule has 0 aliphatic carbocycles. The van der Waals surface area contributed by atoms with Gasteiger partial charge in [-0.25, -0.2) is 9.37 Å². The van der Waals surface area contributed by atoms with Crippen LogP contribution in [0.3, 0.4) is 0 Å². The Labute approximate surface area is 53.3 Å². The fourth-order valence-electron chi connectivity index (χ4n) is 0.790. The summed E-state index contributed by atoms with van der Waals surface area (Å²) in [6.07, 6.45) is 1.80. The van der Waals surface area contributed by atoms with Crippen LogP contribution in [0.15, 0.2) is 6.20 Å². The summed E-state index contributed by atoms with van der Waals surface area (Å²) in [6.45, 7) is 1.36. The number of rotatable bonds is 1. The Balaban J connectivity index is 3.01. The predicted octanol–water partition coefficient (Wildman–Crippen LogP) is 1.20. The molecule has 1 aromatic heterocycles. The van der Waals surface area contributed by atoms with Crippen LogP contribution in [0, 0.1) is 6.92 Å². The van der Waals surface area contributed by atoms with Crippen molar-refractivity contribution >= 4 is 0 Å². The zero-order valence-electron chi connectivity index (χ0n) is 5.56. The van der Waals surface area contributed by atoms with Gasteiger partial charge in [-0.15, -0.1) is 0 Å². The third-order valence-electron chi connectivity index (χ3n) is 1.21. The summed E-state index contributed by atoms with van der Waals surface area (Å²) >= 11 is 0. The summed E-state index contributed by atoms with van der Waals surface area (Å²) in [5.74, 6) is 0.493. The first-order valence-corrected chi connectivity index (χ1v) is 2.79. The normalized spacial score (nSPS) is 10.1. The van der Waals surface area contributed by atoms with Crippen molar-refractivity contribution in [1.29, 1.82) is 0 Å². The summed E-state index contributed by atoms with van der Waals surface area (Å²) in [5.41, 5.74) is 0.866. The average molecular weight is 128 g/mol. The second-order valence-electron chi connectivity index (χ2n) is 2.04. The molecule has 1 heterocycles. The molecule has 0 radical (unpaired) electrons. The maximum absolute atomic E-state index is 11.9. The lowest BCUT2D eigenvalue weighted by molar-refractivity contribution is 0.455. The Morgan fingerprint density at radius 2 is 2.44 bits per heavy atom. The standard InChI is InChI=1S/C6H9FN2/c1-5-4-9(2)6(3-7)8-5/h4H,3H2,1-2H3. The van der Waals surface area contributed by atoms with Crippen molar-refractivity contribution < 1.29 is 4.39 Å². The van der Waals surface area contributed by atoms with E-state index >= 15 is 0 Å². The Kier molecular flexibility index (Phi) is 1.51. The zero-order chi connectivity index (χ0) is 6.85.